The number of furan rings is 1. The van der Waals surface area contributed by atoms with E-state index in [1.54, 1.807) is 0 Å². The highest BCUT2D eigenvalue weighted by Crippen LogP contribution is 2.59. The first-order valence-electron chi connectivity index (χ1n) is 8.35. The normalized spacial score (nSPS) is 24.1. The molecule has 1 saturated carbocycles. The first-order valence-corrected chi connectivity index (χ1v) is 10.2. The van der Waals surface area contributed by atoms with Crippen LogP contribution in [0.1, 0.15) is 30.6 Å². The predicted octanol–water partition coefficient (Wildman–Crippen LogP) is 2.57. The van der Waals surface area contributed by atoms with Gasteiger partial charge in [-0.3, -0.25) is 4.79 Å². The fourth-order valence-corrected chi connectivity index (χ4v) is 5.54. The lowest BCUT2D eigenvalue weighted by atomic mass is 9.96. The number of benzene rings is 1. The smallest absolute Gasteiger partial charge is 0.224 e. The predicted molar refractivity (Wildman–Crippen MR) is 91.2 cm³/mol. The van der Waals surface area contributed by atoms with Gasteiger partial charge in [-0.1, -0.05) is 18.2 Å². The van der Waals surface area contributed by atoms with Gasteiger partial charge in [-0.25, -0.2) is 8.42 Å². The van der Waals surface area contributed by atoms with Crippen molar-refractivity contribution < 1.29 is 17.6 Å². The summed E-state index contributed by atoms with van der Waals surface area (Å²) in [7, 11) is -2.89. The Kier molecular flexibility index (Phi) is 3.49. The van der Waals surface area contributed by atoms with Gasteiger partial charge in [0, 0.05) is 16.9 Å². The number of aryl methyl sites for hydroxylation is 1. The minimum Gasteiger partial charge on any atom is -0.459 e. The van der Waals surface area contributed by atoms with E-state index in [-0.39, 0.29) is 28.7 Å². The molecule has 1 unspecified atom stereocenters. The summed E-state index contributed by atoms with van der Waals surface area (Å²) >= 11 is 0. The molecule has 24 heavy (non-hydrogen) atoms. The summed E-state index contributed by atoms with van der Waals surface area (Å²) in [6.07, 6.45) is 2.06. The quantitative estimate of drug-likeness (QED) is 0.926. The molecule has 4 rings (SSSR count). The third kappa shape index (κ3) is 2.62. The molecule has 1 N–H and O–H groups in total. The molecule has 1 amide bonds. The van der Waals surface area contributed by atoms with Crippen molar-refractivity contribution >= 4 is 26.7 Å². The van der Waals surface area contributed by atoms with Crippen LogP contribution < -0.4 is 5.32 Å². The van der Waals surface area contributed by atoms with Gasteiger partial charge in [0.05, 0.1) is 18.1 Å². The molecule has 1 aromatic heterocycles. The zero-order valence-electron chi connectivity index (χ0n) is 13.7. The van der Waals surface area contributed by atoms with Crippen molar-refractivity contribution in [1.82, 2.24) is 5.32 Å². The van der Waals surface area contributed by atoms with Crippen LogP contribution in [0.4, 0.5) is 0 Å². The van der Waals surface area contributed by atoms with E-state index in [1.807, 2.05) is 31.2 Å². The average molecular weight is 347 g/mol. The molecule has 0 bridgehead atoms. The van der Waals surface area contributed by atoms with Crippen LogP contribution in [0.25, 0.3) is 11.0 Å². The van der Waals surface area contributed by atoms with Crippen LogP contribution in [0.15, 0.2) is 28.7 Å². The van der Waals surface area contributed by atoms with Crippen LogP contribution in [0, 0.1) is 18.3 Å². The van der Waals surface area contributed by atoms with Crippen molar-refractivity contribution in [1.29, 1.82) is 0 Å². The zero-order valence-corrected chi connectivity index (χ0v) is 14.5. The fourth-order valence-electron chi connectivity index (χ4n) is 3.90. The summed E-state index contributed by atoms with van der Waals surface area (Å²) in [5, 5.41) is 4.04. The van der Waals surface area contributed by atoms with E-state index in [0.29, 0.717) is 19.4 Å². The maximum Gasteiger partial charge on any atom is 0.224 e. The van der Waals surface area contributed by atoms with Crippen LogP contribution >= 0.6 is 0 Å². The Morgan fingerprint density at radius 2 is 2.00 bits per heavy atom. The molecular formula is C18H21NO4S. The van der Waals surface area contributed by atoms with Crippen LogP contribution in [0.2, 0.25) is 0 Å². The molecule has 0 radical (unpaired) electrons. The van der Waals surface area contributed by atoms with E-state index in [9.17, 15) is 13.2 Å². The topological polar surface area (TPSA) is 76.4 Å². The maximum absolute atomic E-state index is 12.4. The Labute approximate surface area is 141 Å². The molecular weight excluding hydrogens is 326 g/mol. The molecule has 1 atom stereocenters. The van der Waals surface area contributed by atoms with E-state index >= 15 is 0 Å². The maximum atomic E-state index is 12.4. The Morgan fingerprint density at radius 1 is 1.29 bits per heavy atom. The van der Waals surface area contributed by atoms with Crippen LogP contribution in [0.5, 0.6) is 0 Å². The molecule has 1 aliphatic carbocycles. The van der Waals surface area contributed by atoms with Gasteiger partial charge in [-0.15, -0.1) is 0 Å². The standard InChI is InChI=1S/C18H21NO4S/c1-12-13-4-2-3-5-15(13)23-16(12)11-19-17(20)14-10-18(14)6-8-24(21,22)9-7-18/h2-5,14H,6-11H2,1H3,(H,19,20). The van der Waals surface area contributed by atoms with E-state index in [2.05, 4.69) is 5.32 Å². The second kappa shape index (κ2) is 5.34. The highest BCUT2D eigenvalue weighted by atomic mass is 32.2. The Balaban J connectivity index is 1.40. The van der Waals surface area contributed by atoms with Crippen LogP contribution in [-0.4, -0.2) is 25.8 Å². The van der Waals surface area contributed by atoms with Crippen LogP contribution in [-0.2, 0) is 21.2 Å². The summed E-state index contributed by atoms with van der Waals surface area (Å²) in [5.41, 5.74) is 1.82. The SMILES string of the molecule is Cc1c(CNC(=O)C2CC23CCS(=O)(=O)CC3)oc2ccccc12. The van der Waals surface area contributed by atoms with Gasteiger partial charge in [-0.2, -0.15) is 0 Å². The monoisotopic (exact) mass is 347 g/mol. The van der Waals surface area contributed by atoms with Gasteiger partial charge in [0.25, 0.3) is 0 Å². The molecule has 2 fully saturated rings. The number of carbonyl (C=O) groups excluding carboxylic acids is 1. The molecule has 1 saturated heterocycles. The summed E-state index contributed by atoms with van der Waals surface area (Å²) < 4.78 is 28.9. The third-order valence-electron chi connectivity index (χ3n) is 5.69. The van der Waals surface area contributed by atoms with E-state index in [1.165, 1.54) is 0 Å². The number of amides is 1. The first-order chi connectivity index (χ1) is 11.4. The lowest BCUT2D eigenvalue weighted by molar-refractivity contribution is -0.123. The zero-order chi connectivity index (χ0) is 16.9. The number of hydrogen-bond acceptors (Lipinski definition) is 4. The van der Waals surface area contributed by atoms with Crippen molar-refractivity contribution in [2.45, 2.75) is 32.7 Å². The molecule has 1 aliphatic heterocycles. The lowest BCUT2D eigenvalue weighted by Crippen LogP contribution is -2.31. The highest BCUT2D eigenvalue weighted by molar-refractivity contribution is 7.91. The minimum absolute atomic E-state index is 0.0224. The van der Waals surface area contributed by atoms with Crippen molar-refractivity contribution in [3.8, 4) is 0 Å². The van der Waals surface area contributed by atoms with Crippen molar-refractivity contribution in [3.63, 3.8) is 0 Å². The molecule has 1 aromatic carbocycles. The average Bonchev–Trinajstić information content (AvgIpc) is 3.19. The second-order valence-electron chi connectivity index (χ2n) is 7.14. The van der Waals surface area contributed by atoms with Gasteiger partial charge in [0.15, 0.2) is 0 Å². The minimum atomic E-state index is -2.89. The summed E-state index contributed by atoms with van der Waals surface area (Å²) in [5.74, 6) is 1.20. The largest absolute Gasteiger partial charge is 0.459 e. The second-order valence-corrected chi connectivity index (χ2v) is 9.44. The molecule has 1 spiro atoms. The van der Waals surface area contributed by atoms with E-state index < -0.39 is 9.84 Å². The number of fused-ring (bicyclic) bond motifs is 1. The Bertz CT molecular complexity index is 898. The molecule has 5 nitrogen and oxygen atoms in total. The molecule has 2 heterocycles. The van der Waals surface area contributed by atoms with E-state index in [0.717, 1.165) is 28.7 Å². The van der Waals surface area contributed by atoms with Crippen molar-refractivity contribution in [2.24, 2.45) is 11.3 Å². The molecule has 2 aliphatic rings. The number of carbonyl (C=O) groups is 1. The highest BCUT2D eigenvalue weighted by Gasteiger charge is 2.59. The summed E-state index contributed by atoms with van der Waals surface area (Å²) in [6.45, 7) is 2.38. The number of nitrogens with one attached hydrogen (secondary N) is 1. The van der Waals surface area contributed by atoms with E-state index in [4.69, 9.17) is 4.42 Å². The number of para-hydroxylation sites is 1. The number of rotatable bonds is 3. The first kappa shape index (κ1) is 15.7. The van der Waals surface area contributed by atoms with Gasteiger partial charge < -0.3 is 9.73 Å². The molecule has 6 heteroatoms. The van der Waals surface area contributed by atoms with Crippen molar-refractivity contribution in [3.05, 3.63) is 35.6 Å². The Hall–Kier alpha value is -1.82. The molecule has 2 aromatic rings. The van der Waals surface area contributed by atoms with Crippen LogP contribution in [0.3, 0.4) is 0 Å². The summed E-state index contributed by atoms with van der Waals surface area (Å²) in [6, 6.07) is 7.83. The molecule has 128 valence electrons. The van der Waals surface area contributed by atoms with Gasteiger partial charge >= 0.3 is 0 Å². The number of sulfone groups is 1. The summed E-state index contributed by atoms with van der Waals surface area (Å²) in [4.78, 5) is 12.4. The fraction of sp³-hybridized carbons (Fsp3) is 0.500. The Morgan fingerprint density at radius 3 is 2.71 bits per heavy atom. The third-order valence-corrected chi connectivity index (χ3v) is 7.35. The van der Waals surface area contributed by atoms with Gasteiger partial charge in [0.2, 0.25) is 5.91 Å². The number of hydrogen-bond donors (Lipinski definition) is 1. The lowest BCUT2D eigenvalue weighted by Gasteiger charge is -2.22. The van der Waals surface area contributed by atoms with Crippen molar-refractivity contribution in [2.75, 3.05) is 11.5 Å². The van der Waals surface area contributed by atoms with Gasteiger partial charge in [0.1, 0.15) is 21.2 Å². The van der Waals surface area contributed by atoms with Gasteiger partial charge in [-0.05, 0) is 37.7 Å².